The van der Waals surface area contributed by atoms with Crippen molar-refractivity contribution in [3.05, 3.63) is 35.1 Å². The molecule has 4 nitrogen and oxygen atoms in total. The van der Waals surface area contributed by atoms with Crippen molar-refractivity contribution in [1.82, 2.24) is 4.90 Å². The molecule has 1 unspecified atom stereocenters. The summed E-state index contributed by atoms with van der Waals surface area (Å²) in [5.41, 5.74) is 6.05. The molecule has 1 fully saturated rings. The molecule has 5 heteroatoms. The fourth-order valence-electron chi connectivity index (χ4n) is 2.63. The molecule has 1 saturated heterocycles. The van der Waals surface area contributed by atoms with E-state index in [1.807, 2.05) is 6.92 Å². The molecule has 2 rings (SSSR count). The summed E-state index contributed by atoms with van der Waals surface area (Å²) in [6.45, 7) is 4.17. The SMILES string of the molecule is CC1(O)CCCN(Cc2cc(F)cc(C(=N)N)c2)CC1. The number of amidine groups is 1. The normalized spacial score (nSPS) is 24.4. The van der Waals surface area contributed by atoms with E-state index in [4.69, 9.17) is 11.1 Å². The van der Waals surface area contributed by atoms with Gasteiger partial charge in [-0.15, -0.1) is 0 Å². The second-order valence-corrected chi connectivity index (χ2v) is 5.89. The molecule has 0 saturated carbocycles. The first-order valence-electron chi connectivity index (χ1n) is 6.94. The van der Waals surface area contributed by atoms with Gasteiger partial charge in [-0.05, 0) is 56.5 Å². The number of nitrogens with one attached hydrogen (secondary N) is 1. The van der Waals surface area contributed by atoms with Gasteiger partial charge in [0.05, 0.1) is 5.60 Å². The lowest BCUT2D eigenvalue weighted by Gasteiger charge is -2.22. The molecule has 1 aromatic carbocycles. The van der Waals surface area contributed by atoms with Gasteiger partial charge in [-0.2, -0.15) is 0 Å². The van der Waals surface area contributed by atoms with E-state index in [0.29, 0.717) is 12.1 Å². The fraction of sp³-hybridized carbons (Fsp3) is 0.533. The Balaban J connectivity index is 2.08. The topological polar surface area (TPSA) is 73.3 Å². The third-order valence-corrected chi connectivity index (χ3v) is 3.83. The number of nitrogens with two attached hydrogens (primary N) is 1. The van der Waals surface area contributed by atoms with Crippen molar-refractivity contribution < 1.29 is 9.50 Å². The van der Waals surface area contributed by atoms with Crippen molar-refractivity contribution in [2.75, 3.05) is 13.1 Å². The minimum absolute atomic E-state index is 0.121. The van der Waals surface area contributed by atoms with Crippen LogP contribution in [0.1, 0.15) is 37.3 Å². The Labute approximate surface area is 118 Å². The van der Waals surface area contributed by atoms with Gasteiger partial charge in [-0.3, -0.25) is 10.3 Å². The molecule has 0 radical (unpaired) electrons. The number of nitrogens with zero attached hydrogens (tertiary/aromatic N) is 1. The molecule has 1 atom stereocenters. The number of nitrogen functional groups attached to an aromatic ring is 1. The quantitative estimate of drug-likeness (QED) is 0.584. The molecule has 1 aliphatic rings. The standard InChI is InChI=1S/C15H22FN3O/c1-15(20)3-2-5-19(6-4-15)10-11-7-12(14(17)18)9-13(16)8-11/h7-9,20H,2-6,10H2,1H3,(H3,17,18). The smallest absolute Gasteiger partial charge is 0.124 e. The Kier molecular flexibility index (Phi) is 4.40. The van der Waals surface area contributed by atoms with Crippen molar-refractivity contribution in [1.29, 1.82) is 5.41 Å². The third kappa shape index (κ3) is 4.02. The predicted molar refractivity (Wildman–Crippen MR) is 77.2 cm³/mol. The molecule has 20 heavy (non-hydrogen) atoms. The molecular formula is C15H22FN3O. The molecule has 0 bridgehead atoms. The molecule has 1 aromatic rings. The average Bonchev–Trinajstić information content (AvgIpc) is 2.50. The molecule has 0 aromatic heterocycles. The Hall–Kier alpha value is -1.46. The number of hydrogen-bond acceptors (Lipinski definition) is 3. The molecule has 1 aliphatic heterocycles. The van der Waals surface area contributed by atoms with E-state index in [1.54, 1.807) is 6.07 Å². The highest BCUT2D eigenvalue weighted by atomic mass is 19.1. The maximum Gasteiger partial charge on any atom is 0.124 e. The van der Waals surface area contributed by atoms with Gasteiger partial charge < -0.3 is 10.8 Å². The monoisotopic (exact) mass is 279 g/mol. The van der Waals surface area contributed by atoms with Crippen LogP contribution in [-0.4, -0.2) is 34.5 Å². The summed E-state index contributed by atoms with van der Waals surface area (Å²) in [6, 6.07) is 4.52. The van der Waals surface area contributed by atoms with Crippen LogP contribution < -0.4 is 5.73 Å². The van der Waals surface area contributed by atoms with Gasteiger partial charge in [0.2, 0.25) is 0 Å². The number of rotatable bonds is 3. The molecule has 0 amide bonds. The van der Waals surface area contributed by atoms with E-state index in [2.05, 4.69) is 4.90 Å². The summed E-state index contributed by atoms with van der Waals surface area (Å²) in [4.78, 5) is 2.21. The highest BCUT2D eigenvalue weighted by Gasteiger charge is 2.24. The second-order valence-electron chi connectivity index (χ2n) is 5.89. The van der Waals surface area contributed by atoms with Crippen molar-refractivity contribution in [2.45, 2.75) is 38.3 Å². The number of likely N-dealkylation sites (tertiary alicyclic amines) is 1. The summed E-state index contributed by atoms with van der Waals surface area (Å²) in [5.74, 6) is -0.487. The van der Waals surface area contributed by atoms with Crippen LogP contribution in [0.3, 0.4) is 0 Å². The lowest BCUT2D eigenvalue weighted by atomic mass is 9.98. The summed E-state index contributed by atoms with van der Waals surface area (Å²) in [6.07, 6.45) is 2.45. The van der Waals surface area contributed by atoms with Crippen LogP contribution in [0.25, 0.3) is 0 Å². The number of halogens is 1. The van der Waals surface area contributed by atoms with Gasteiger partial charge in [0.1, 0.15) is 11.7 Å². The van der Waals surface area contributed by atoms with Crippen LogP contribution in [0.4, 0.5) is 4.39 Å². The van der Waals surface area contributed by atoms with Crippen LogP contribution in [0.5, 0.6) is 0 Å². The molecule has 4 N–H and O–H groups in total. The molecule has 1 heterocycles. The summed E-state index contributed by atoms with van der Waals surface area (Å²) in [5, 5.41) is 17.5. The minimum Gasteiger partial charge on any atom is -0.390 e. The summed E-state index contributed by atoms with van der Waals surface area (Å²) >= 11 is 0. The second kappa shape index (κ2) is 5.89. The maximum atomic E-state index is 13.5. The first kappa shape index (κ1) is 14.9. The van der Waals surface area contributed by atoms with E-state index in [0.717, 1.165) is 37.9 Å². The largest absolute Gasteiger partial charge is 0.390 e. The first-order chi connectivity index (χ1) is 9.35. The lowest BCUT2D eigenvalue weighted by Crippen LogP contribution is -2.28. The van der Waals surface area contributed by atoms with E-state index >= 15 is 0 Å². The number of hydrogen-bond donors (Lipinski definition) is 3. The zero-order valence-corrected chi connectivity index (χ0v) is 11.8. The highest BCUT2D eigenvalue weighted by Crippen LogP contribution is 2.22. The van der Waals surface area contributed by atoms with E-state index in [9.17, 15) is 9.50 Å². The van der Waals surface area contributed by atoms with Crippen LogP contribution in [0, 0.1) is 11.2 Å². The van der Waals surface area contributed by atoms with Crippen molar-refractivity contribution in [3.8, 4) is 0 Å². The van der Waals surface area contributed by atoms with Crippen molar-refractivity contribution in [2.24, 2.45) is 5.73 Å². The predicted octanol–water partition coefficient (Wildman–Crippen LogP) is 1.85. The Morgan fingerprint density at radius 1 is 1.40 bits per heavy atom. The Bertz CT molecular complexity index is 502. The van der Waals surface area contributed by atoms with Gasteiger partial charge in [-0.25, -0.2) is 4.39 Å². The summed E-state index contributed by atoms with van der Waals surface area (Å²) in [7, 11) is 0. The number of benzene rings is 1. The Morgan fingerprint density at radius 3 is 2.85 bits per heavy atom. The van der Waals surface area contributed by atoms with Crippen LogP contribution >= 0.6 is 0 Å². The van der Waals surface area contributed by atoms with E-state index < -0.39 is 5.60 Å². The van der Waals surface area contributed by atoms with Gasteiger partial charge in [0.25, 0.3) is 0 Å². The van der Waals surface area contributed by atoms with Gasteiger partial charge >= 0.3 is 0 Å². The van der Waals surface area contributed by atoms with E-state index in [-0.39, 0.29) is 11.7 Å². The van der Waals surface area contributed by atoms with Crippen molar-refractivity contribution >= 4 is 5.84 Å². The van der Waals surface area contributed by atoms with E-state index in [1.165, 1.54) is 12.1 Å². The van der Waals surface area contributed by atoms with Crippen LogP contribution in [-0.2, 0) is 6.54 Å². The maximum absolute atomic E-state index is 13.5. The van der Waals surface area contributed by atoms with Crippen molar-refractivity contribution in [3.63, 3.8) is 0 Å². The first-order valence-corrected chi connectivity index (χ1v) is 6.94. The number of aliphatic hydroxyl groups is 1. The zero-order valence-electron chi connectivity index (χ0n) is 11.8. The Morgan fingerprint density at radius 2 is 2.15 bits per heavy atom. The van der Waals surface area contributed by atoms with Gasteiger partial charge in [0, 0.05) is 18.7 Å². The minimum atomic E-state index is -0.596. The summed E-state index contributed by atoms with van der Waals surface area (Å²) < 4.78 is 13.5. The molecule has 110 valence electrons. The van der Waals surface area contributed by atoms with Gasteiger partial charge in [-0.1, -0.05) is 0 Å². The van der Waals surface area contributed by atoms with Crippen LogP contribution in [0.15, 0.2) is 18.2 Å². The zero-order chi connectivity index (χ0) is 14.8. The molecule has 0 spiro atoms. The fourth-order valence-corrected chi connectivity index (χ4v) is 2.63. The molecule has 0 aliphatic carbocycles. The highest BCUT2D eigenvalue weighted by molar-refractivity contribution is 5.95. The third-order valence-electron chi connectivity index (χ3n) is 3.83. The van der Waals surface area contributed by atoms with Gasteiger partial charge in [0.15, 0.2) is 0 Å². The molecular weight excluding hydrogens is 257 g/mol. The lowest BCUT2D eigenvalue weighted by molar-refractivity contribution is 0.0444. The van der Waals surface area contributed by atoms with Crippen LogP contribution in [0.2, 0.25) is 0 Å². The average molecular weight is 279 g/mol.